The molecule has 0 bridgehead atoms. The lowest BCUT2D eigenvalue weighted by Gasteiger charge is -2.07. The van der Waals surface area contributed by atoms with E-state index in [0.29, 0.717) is 17.5 Å². The molecule has 0 saturated heterocycles. The van der Waals surface area contributed by atoms with Gasteiger partial charge in [0.2, 0.25) is 0 Å². The fraction of sp³-hybridized carbons (Fsp3) is 0.0455. The lowest BCUT2D eigenvalue weighted by atomic mass is 10.1. The molecule has 5 rings (SSSR count). The van der Waals surface area contributed by atoms with E-state index in [1.165, 1.54) is 0 Å². The lowest BCUT2D eigenvalue weighted by Crippen LogP contribution is -1.96. The summed E-state index contributed by atoms with van der Waals surface area (Å²) < 4.78 is 7.56. The summed E-state index contributed by atoms with van der Waals surface area (Å²) in [6.07, 6.45) is 1.70. The summed E-state index contributed by atoms with van der Waals surface area (Å²) in [5.74, 6) is 1.43. The summed E-state index contributed by atoms with van der Waals surface area (Å²) in [6, 6.07) is 23.3. The molecule has 2 heterocycles. The number of fused-ring (bicyclic) bond motifs is 3. The van der Waals surface area contributed by atoms with Crippen molar-refractivity contribution >= 4 is 28.2 Å². The third-order valence-corrected chi connectivity index (χ3v) is 4.74. The minimum atomic E-state index is 0.452. The van der Waals surface area contributed by atoms with Gasteiger partial charge in [-0.2, -0.15) is 0 Å². The number of hydrogen-bond acceptors (Lipinski definition) is 4. The zero-order chi connectivity index (χ0) is 18.9. The zero-order valence-electron chi connectivity index (χ0n) is 14.8. The van der Waals surface area contributed by atoms with Gasteiger partial charge in [-0.15, -0.1) is 5.10 Å². The van der Waals surface area contributed by atoms with Crippen LogP contribution in [0.25, 0.3) is 27.9 Å². The first-order valence-electron chi connectivity index (χ1n) is 8.84. The molecule has 5 aromatic rings. The molecule has 0 amide bonds. The van der Waals surface area contributed by atoms with Crippen molar-refractivity contribution in [1.29, 1.82) is 0 Å². The van der Waals surface area contributed by atoms with Crippen LogP contribution in [0.1, 0.15) is 5.56 Å². The van der Waals surface area contributed by atoms with Crippen LogP contribution in [0.2, 0.25) is 5.02 Å². The molecule has 28 heavy (non-hydrogen) atoms. The topological polar surface area (TPSA) is 52.3 Å². The van der Waals surface area contributed by atoms with Crippen molar-refractivity contribution in [3.05, 3.63) is 89.7 Å². The van der Waals surface area contributed by atoms with Crippen molar-refractivity contribution in [2.45, 2.75) is 6.61 Å². The molecule has 0 aliphatic carbocycles. The average molecular weight is 387 g/mol. The number of para-hydroxylation sites is 1. The normalized spacial score (nSPS) is 11.2. The molecule has 0 aliphatic heterocycles. The van der Waals surface area contributed by atoms with E-state index >= 15 is 0 Å². The van der Waals surface area contributed by atoms with Crippen LogP contribution < -0.4 is 4.74 Å². The summed E-state index contributed by atoms with van der Waals surface area (Å²) in [6.45, 7) is 0.452. The number of ether oxygens (including phenoxy) is 1. The molecule has 0 fully saturated rings. The molecular formula is C22H15ClN4O. The maximum Gasteiger partial charge on any atom is 0.182 e. The van der Waals surface area contributed by atoms with Gasteiger partial charge >= 0.3 is 0 Å². The van der Waals surface area contributed by atoms with E-state index in [1.807, 2.05) is 72.8 Å². The van der Waals surface area contributed by atoms with Crippen molar-refractivity contribution in [3.63, 3.8) is 0 Å². The van der Waals surface area contributed by atoms with E-state index in [-0.39, 0.29) is 0 Å². The first-order chi connectivity index (χ1) is 13.8. The third kappa shape index (κ3) is 3.17. The second kappa shape index (κ2) is 6.94. The van der Waals surface area contributed by atoms with Crippen molar-refractivity contribution in [2.24, 2.45) is 0 Å². The maximum atomic E-state index is 5.91. The highest BCUT2D eigenvalue weighted by molar-refractivity contribution is 6.30. The Labute approximate surface area is 166 Å². The summed E-state index contributed by atoms with van der Waals surface area (Å²) in [5, 5.41) is 6.26. The number of aromatic nitrogens is 4. The summed E-state index contributed by atoms with van der Waals surface area (Å²) in [7, 11) is 0. The molecule has 0 aliphatic rings. The number of halogens is 1. The number of rotatable bonds is 4. The van der Waals surface area contributed by atoms with Gasteiger partial charge in [0.1, 0.15) is 18.7 Å². The smallest absolute Gasteiger partial charge is 0.182 e. The SMILES string of the molecule is Clc1ccc(OCc2cccc(-c3nc4c5ccccc5ncn4n3)c2)cc1. The third-order valence-electron chi connectivity index (χ3n) is 4.49. The molecule has 6 heteroatoms. The van der Waals surface area contributed by atoms with Gasteiger partial charge in [-0.05, 0) is 48.0 Å². The van der Waals surface area contributed by atoms with Crippen molar-refractivity contribution in [2.75, 3.05) is 0 Å². The van der Waals surface area contributed by atoms with E-state index in [4.69, 9.17) is 21.3 Å². The van der Waals surface area contributed by atoms with Crippen LogP contribution in [-0.4, -0.2) is 19.6 Å². The number of benzene rings is 3. The molecule has 0 atom stereocenters. The first-order valence-corrected chi connectivity index (χ1v) is 9.22. The van der Waals surface area contributed by atoms with Crippen LogP contribution in [-0.2, 0) is 6.61 Å². The van der Waals surface area contributed by atoms with Crippen LogP contribution in [0.15, 0.2) is 79.1 Å². The monoisotopic (exact) mass is 386 g/mol. The van der Waals surface area contributed by atoms with Crippen molar-refractivity contribution in [1.82, 2.24) is 19.6 Å². The molecule has 0 N–H and O–H groups in total. The van der Waals surface area contributed by atoms with Gasteiger partial charge in [0.25, 0.3) is 0 Å². The van der Waals surface area contributed by atoms with Crippen molar-refractivity contribution < 1.29 is 4.74 Å². The van der Waals surface area contributed by atoms with Crippen LogP contribution in [0.3, 0.4) is 0 Å². The van der Waals surface area contributed by atoms with Gasteiger partial charge in [-0.3, -0.25) is 0 Å². The Balaban J connectivity index is 1.45. The Bertz CT molecular complexity index is 1280. The standard InChI is InChI=1S/C22H15ClN4O/c23-17-8-10-18(11-9-17)28-13-15-4-3-5-16(12-15)21-25-22-19-6-1-2-7-20(19)24-14-27(22)26-21/h1-12,14H,13H2. The van der Waals surface area contributed by atoms with Crippen LogP contribution in [0.4, 0.5) is 0 Å². The Morgan fingerprint density at radius 1 is 0.929 bits per heavy atom. The molecule has 0 spiro atoms. The molecule has 3 aromatic carbocycles. The first kappa shape index (κ1) is 16.7. The summed E-state index contributed by atoms with van der Waals surface area (Å²) >= 11 is 5.91. The Kier molecular flexibility index (Phi) is 4.14. The Hall–Kier alpha value is -3.44. The Morgan fingerprint density at radius 2 is 1.79 bits per heavy atom. The van der Waals surface area contributed by atoms with E-state index in [9.17, 15) is 0 Å². The molecule has 5 nitrogen and oxygen atoms in total. The van der Waals surface area contributed by atoms with E-state index in [1.54, 1.807) is 10.8 Å². The van der Waals surface area contributed by atoms with Crippen molar-refractivity contribution in [3.8, 4) is 17.1 Å². The van der Waals surface area contributed by atoms with Gasteiger partial charge in [-0.1, -0.05) is 41.9 Å². The molecular weight excluding hydrogens is 372 g/mol. The van der Waals surface area contributed by atoms with Gasteiger partial charge in [-0.25, -0.2) is 14.5 Å². The maximum absolute atomic E-state index is 5.91. The van der Waals surface area contributed by atoms with Crippen LogP contribution in [0, 0.1) is 0 Å². The lowest BCUT2D eigenvalue weighted by molar-refractivity contribution is 0.306. The highest BCUT2D eigenvalue weighted by Gasteiger charge is 2.10. The van der Waals surface area contributed by atoms with Gasteiger partial charge in [0, 0.05) is 16.0 Å². The Morgan fingerprint density at radius 3 is 2.68 bits per heavy atom. The zero-order valence-corrected chi connectivity index (χ0v) is 15.5. The highest BCUT2D eigenvalue weighted by Crippen LogP contribution is 2.23. The highest BCUT2D eigenvalue weighted by atomic mass is 35.5. The summed E-state index contributed by atoms with van der Waals surface area (Å²) in [4.78, 5) is 9.17. The molecule has 0 radical (unpaired) electrons. The summed E-state index contributed by atoms with van der Waals surface area (Å²) in [5.41, 5.74) is 3.67. The number of nitrogens with zero attached hydrogens (tertiary/aromatic N) is 4. The van der Waals surface area contributed by atoms with E-state index in [0.717, 1.165) is 33.4 Å². The van der Waals surface area contributed by atoms with Crippen LogP contribution >= 0.6 is 11.6 Å². The quantitative estimate of drug-likeness (QED) is 0.427. The fourth-order valence-corrected chi connectivity index (χ4v) is 3.23. The number of hydrogen-bond donors (Lipinski definition) is 0. The molecule has 136 valence electrons. The fourth-order valence-electron chi connectivity index (χ4n) is 3.10. The van der Waals surface area contributed by atoms with Crippen LogP contribution in [0.5, 0.6) is 5.75 Å². The second-order valence-corrected chi connectivity index (χ2v) is 6.84. The largest absolute Gasteiger partial charge is 0.489 e. The molecule has 2 aromatic heterocycles. The average Bonchev–Trinajstić information content (AvgIpc) is 3.19. The van der Waals surface area contributed by atoms with Gasteiger partial charge < -0.3 is 4.74 Å². The second-order valence-electron chi connectivity index (χ2n) is 6.41. The molecule has 0 unspecified atom stereocenters. The van der Waals surface area contributed by atoms with E-state index < -0.39 is 0 Å². The molecule has 0 saturated carbocycles. The predicted molar refractivity (Wildman–Crippen MR) is 110 cm³/mol. The van der Waals surface area contributed by atoms with Gasteiger partial charge in [0.15, 0.2) is 11.5 Å². The van der Waals surface area contributed by atoms with Gasteiger partial charge in [0.05, 0.1) is 5.52 Å². The minimum Gasteiger partial charge on any atom is -0.489 e. The van der Waals surface area contributed by atoms with E-state index in [2.05, 4.69) is 10.1 Å². The minimum absolute atomic E-state index is 0.452. The predicted octanol–water partition coefficient (Wildman–Crippen LogP) is 5.18.